The van der Waals surface area contributed by atoms with Gasteiger partial charge in [0.2, 0.25) is 0 Å². The van der Waals surface area contributed by atoms with E-state index in [1.54, 1.807) is 18.4 Å². The van der Waals surface area contributed by atoms with Gasteiger partial charge < -0.3 is 5.32 Å². The summed E-state index contributed by atoms with van der Waals surface area (Å²) in [5.41, 5.74) is 0.311. The summed E-state index contributed by atoms with van der Waals surface area (Å²) >= 11 is 1.62. The molecule has 6 heteroatoms. The van der Waals surface area contributed by atoms with Crippen LogP contribution in [0.5, 0.6) is 0 Å². The maximum absolute atomic E-state index is 11.2. The molecular formula is C9H10N4OS. The summed E-state index contributed by atoms with van der Waals surface area (Å²) in [7, 11) is 1.76. The Morgan fingerprint density at radius 3 is 2.93 bits per heavy atom. The average Bonchev–Trinajstić information content (AvgIpc) is 2.98. The van der Waals surface area contributed by atoms with Gasteiger partial charge in [0, 0.05) is 13.0 Å². The number of aromatic amines is 1. The summed E-state index contributed by atoms with van der Waals surface area (Å²) in [6.45, 7) is 0. The molecule has 2 N–H and O–H groups in total. The highest BCUT2D eigenvalue weighted by Crippen LogP contribution is 2.43. The monoisotopic (exact) mass is 222 g/mol. The van der Waals surface area contributed by atoms with Gasteiger partial charge in [-0.3, -0.25) is 4.98 Å². The van der Waals surface area contributed by atoms with E-state index in [9.17, 15) is 4.79 Å². The lowest BCUT2D eigenvalue weighted by Gasteiger charge is -1.96. The van der Waals surface area contributed by atoms with Gasteiger partial charge in [-0.2, -0.15) is 4.98 Å². The SMILES string of the molecule is CNc1nc(=O)[nH]c2nc(C3CC3)sc12. The number of thiazole rings is 1. The Labute approximate surface area is 89.6 Å². The van der Waals surface area contributed by atoms with Crippen molar-refractivity contribution in [2.75, 3.05) is 12.4 Å². The van der Waals surface area contributed by atoms with Crippen molar-refractivity contribution in [3.05, 3.63) is 15.5 Å². The Morgan fingerprint density at radius 1 is 1.47 bits per heavy atom. The molecule has 1 aliphatic rings. The van der Waals surface area contributed by atoms with Crippen LogP contribution in [0.25, 0.3) is 10.3 Å². The molecule has 0 amide bonds. The molecule has 15 heavy (non-hydrogen) atoms. The van der Waals surface area contributed by atoms with Gasteiger partial charge in [0.25, 0.3) is 0 Å². The highest BCUT2D eigenvalue weighted by molar-refractivity contribution is 7.19. The minimum Gasteiger partial charge on any atom is -0.372 e. The molecule has 0 aromatic carbocycles. The number of hydrogen-bond donors (Lipinski definition) is 2. The molecule has 2 aromatic rings. The van der Waals surface area contributed by atoms with Crippen LogP contribution in [0.4, 0.5) is 5.82 Å². The first-order valence-corrected chi connectivity index (χ1v) is 5.68. The minimum absolute atomic E-state index is 0.348. The molecule has 2 aromatic heterocycles. The van der Waals surface area contributed by atoms with E-state index in [4.69, 9.17) is 0 Å². The van der Waals surface area contributed by atoms with E-state index in [0.29, 0.717) is 17.4 Å². The molecule has 1 fully saturated rings. The Morgan fingerprint density at radius 2 is 2.27 bits per heavy atom. The minimum atomic E-state index is -0.348. The van der Waals surface area contributed by atoms with E-state index in [-0.39, 0.29) is 5.69 Å². The van der Waals surface area contributed by atoms with Crippen LogP contribution in [-0.2, 0) is 0 Å². The molecule has 0 atom stereocenters. The van der Waals surface area contributed by atoms with Gasteiger partial charge in [0.15, 0.2) is 11.5 Å². The molecule has 1 saturated carbocycles. The van der Waals surface area contributed by atoms with Crippen molar-refractivity contribution in [3.63, 3.8) is 0 Å². The zero-order chi connectivity index (χ0) is 10.4. The largest absolute Gasteiger partial charge is 0.372 e. The Balaban J connectivity index is 2.27. The molecule has 2 heterocycles. The standard InChI is InChI=1S/C9H10N4OS/c1-10-6-5-7(13-9(14)12-6)11-8(15-5)4-2-3-4/h4H,2-3H2,1H3,(H2,10,12,13,14). The second-order valence-corrected chi connectivity index (χ2v) is 4.68. The summed E-state index contributed by atoms with van der Waals surface area (Å²) in [4.78, 5) is 22.2. The lowest BCUT2D eigenvalue weighted by Crippen LogP contribution is -2.12. The van der Waals surface area contributed by atoms with Gasteiger partial charge in [0.1, 0.15) is 4.70 Å². The van der Waals surface area contributed by atoms with Crippen molar-refractivity contribution in [1.82, 2.24) is 15.0 Å². The van der Waals surface area contributed by atoms with E-state index in [0.717, 1.165) is 9.71 Å². The molecule has 0 spiro atoms. The highest BCUT2D eigenvalue weighted by Gasteiger charge is 2.27. The van der Waals surface area contributed by atoms with Crippen molar-refractivity contribution >= 4 is 27.5 Å². The van der Waals surface area contributed by atoms with Gasteiger partial charge in [-0.05, 0) is 12.8 Å². The lowest BCUT2D eigenvalue weighted by molar-refractivity contribution is 1.06. The maximum atomic E-state index is 11.2. The summed E-state index contributed by atoms with van der Waals surface area (Å²) < 4.78 is 0.944. The third-order valence-electron chi connectivity index (χ3n) is 2.46. The molecule has 5 nitrogen and oxygen atoms in total. The van der Waals surface area contributed by atoms with Crippen molar-refractivity contribution in [2.24, 2.45) is 0 Å². The van der Waals surface area contributed by atoms with E-state index >= 15 is 0 Å². The first-order chi connectivity index (χ1) is 7.28. The number of anilines is 1. The molecule has 3 rings (SSSR count). The van der Waals surface area contributed by atoms with Gasteiger partial charge in [-0.1, -0.05) is 0 Å². The second kappa shape index (κ2) is 3.03. The van der Waals surface area contributed by atoms with E-state index in [1.165, 1.54) is 12.8 Å². The van der Waals surface area contributed by atoms with Crippen LogP contribution in [0, 0.1) is 0 Å². The summed E-state index contributed by atoms with van der Waals surface area (Å²) in [6.07, 6.45) is 2.43. The molecule has 78 valence electrons. The first-order valence-electron chi connectivity index (χ1n) is 4.86. The van der Waals surface area contributed by atoms with Gasteiger partial charge in [0.05, 0.1) is 5.01 Å². The number of rotatable bonds is 2. The van der Waals surface area contributed by atoms with Crippen LogP contribution in [0.2, 0.25) is 0 Å². The third-order valence-corrected chi connectivity index (χ3v) is 3.69. The Kier molecular flexibility index (Phi) is 1.79. The van der Waals surface area contributed by atoms with Crippen molar-refractivity contribution in [1.29, 1.82) is 0 Å². The fourth-order valence-corrected chi connectivity index (χ4v) is 2.72. The number of aromatic nitrogens is 3. The van der Waals surface area contributed by atoms with Crippen LogP contribution in [0.15, 0.2) is 4.79 Å². The van der Waals surface area contributed by atoms with E-state index in [1.807, 2.05) is 0 Å². The predicted molar refractivity (Wildman–Crippen MR) is 59.6 cm³/mol. The Hall–Kier alpha value is -1.43. The average molecular weight is 222 g/mol. The third kappa shape index (κ3) is 1.41. The van der Waals surface area contributed by atoms with Gasteiger partial charge >= 0.3 is 5.69 Å². The number of hydrogen-bond acceptors (Lipinski definition) is 5. The molecule has 0 saturated heterocycles. The predicted octanol–water partition coefficient (Wildman–Crippen LogP) is 1.30. The zero-order valence-electron chi connectivity index (χ0n) is 8.20. The molecule has 1 aliphatic carbocycles. The fourth-order valence-electron chi connectivity index (χ4n) is 1.54. The quantitative estimate of drug-likeness (QED) is 0.803. The summed E-state index contributed by atoms with van der Waals surface area (Å²) in [5, 5.41) is 4.04. The van der Waals surface area contributed by atoms with Crippen LogP contribution in [-0.4, -0.2) is 22.0 Å². The molecule has 0 bridgehead atoms. The van der Waals surface area contributed by atoms with Crippen molar-refractivity contribution in [3.8, 4) is 0 Å². The number of nitrogens with one attached hydrogen (secondary N) is 2. The maximum Gasteiger partial charge on any atom is 0.348 e. The zero-order valence-corrected chi connectivity index (χ0v) is 9.02. The number of nitrogens with zero attached hydrogens (tertiary/aromatic N) is 2. The fraction of sp³-hybridized carbons (Fsp3) is 0.444. The van der Waals surface area contributed by atoms with E-state index in [2.05, 4.69) is 20.3 Å². The topological polar surface area (TPSA) is 70.7 Å². The van der Waals surface area contributed by atoms with Crippen LogP contribution >= 0.6 is 11.3 Å². The van der Waals surface area contributed by atoms with Crippen LogP contribution in [0.1, 0.15) is 23.8 Å². The highest BCUT2D eigenvalue weighted by atomic mass is 32.1. The number of fused-ring (bicyclic) bond motifs is 1. The Bertz CT molecular complexity index is 569. The van der Waals surface area contributed by atoms with Gasteiger partial charge in [-0.25, -0.2) is 9.78 Å². The van der Waals surface area contributed by atoms with Crippen LogP contribution < -0.4 is 11.0 Å². The summed E-state index contributed by atoms with van der Waals surface area (Å²) in [6, 6.07) is 0. The van der Waals surface area contributed by atoms with Gasteiger partial charge in [-0.15, -0.1) is 11.3 Å². The molecule has 0 radical (unpaired) electrons. The molecule has 0 unspecified atom stereocenters. The second-order valence-electron chi connectivity index (χ2n) is 3.64. The molecular weight excluding hydrogens is 212 g/mol. The van der Waals surface area contributed by atoms with E-state index < -0.39 is 0 Å². The lowest BCUT2D eigenvalue weighted by atomic mass is 10.4. The smallest absolute Gasteiger partial charge is 0.348 e. The van der Waals surface area contributed by atoms with Crippen LogP contribution in [0.3, 0.4) is 0 Å². The molecule has 0 aliphatic heterocycles. The van der Waals surface area contributed by atoms with Crippen molar-refractivity contribution in [2.45, 2.75) is 18.8 Å². The number of H-pyrrole nitrogens is 1. The normalized spacial score (nSPS) is 15.8. The summed E-state index contributed by atoms with van der Waals surface area (Å²) in [5.74, 6) is 1.23. The first kappa shape index (κ1) is 8.84. The van der Waals surface area contributed by atoms with Crippen molar-refractivity contribution < 1.29 is 0 Å².